The molecular formula is C25H24N8O2. The Morgan fingerprint density at radius 1 is 1.00 bits per heavy atom. The van der Waals surface area contributed by atoms with Gasteiger partial charge in [0.25, 0.3) is 5.56 Å². The minimum atomic E-state index is -0.371. The number of nitrogens with one attached hydrogen (secondary N) is 2. The normalized spacial score (nSPS) is 11.7. The monoisotopic (exact) mass is 468 g/mol. The molecule has 0 saturated carbocycles. The quantitative estimate of drug-likeness (QED) is 0.365. The van der Waals surface area contributed by atoms with Crippen molar-refractivity contribution in [1.29, 1.82) is 0 Å². The highest BCUT2D eigenvalue weighted by atomic mass is 16.1. The first-order valence-electron chi connectivity index (χ1n) is 11.2. The Hall–Kier alpha value is -4.47. The molecule has 2 aromatic carbocycles. The number of fused-ring (bicyclic) bond motifs is 1. The third kappa shape index (κ3) is 4.37. The third-order valence-corrected chi connectivity index (χ3v) is 5.70. The zero-order valence-corrected chi connectivity index (χ0v) is 19.6. The van der Waals surface area contributed by atoms with Crippen LogP contribution in [0, 0.1) is 5.41 Å². The molecule has 0 aliphatic carbocycles. The van der Waals surface area contributed by atoms with Gasteiger partial charge in [0.15, 0.2) is 12.0 Å². The van der Waals surface area contributed by atoms with Crippen LogP contribution >= 0.6 is 0 Å². The lowest BCUT2D eigenvalue weighted by molar-refractivity contribution is 0.111. The Morgan fingerprint density at radius 3 is 2.40 bits per heavy atom. The van der Waals surface area contributed by atoms with Gasteiger partial charge in [-0.15, -0.1) is 10.2 Å². The highest BCUT2D eigenvalue weighted by molar-refractivity contribution is 5.91. The van der Waals surface area contributed by atoms with E-state index in [9.17, 15) is 9.59 Å². The van der Waals surface area contributed by atoms with Crippen LogP contribution in [-0.2, 0) is 13.0 Å². The van der Waals surface area contributed by atoms with E-state index in [2.05, 4.69) is 56.6 Å². The van der Waals surface area contributed by atoms with Gasteiger partial charge < -0.3 is 4.57 Å². The lowest BCUT2D eigenvalue weighted by Crippen LogP contribution is -2.18. The first kappa shape index (κ1) is 22.3. The first-order chi connectivity index (χ1) is 16.8. The number of hydrogen-bond donors (Lipinski definition) is 2. The summed E-state index contributed by atoms with van der Waals surface area (Å²) in [5.74, 6) is 1.26. The third-order valence-electron chi connectivity index (χ3n) is 5.70. The molecule has 176 valence electrons. The minimum absolute atomic E-state index is 0.0661. The van der Waals surface area contributed by atoms with Crippen LogP contribution in [0.3, 0.4) is 0 Å². The molecule has 5 rings (SSSR count). The van der Waals surface area contributed by atoms with Crippen LogP contribution in [0.5, 0.6) is 0 Å². The van der Waals surface area contributed by atoms with Crippen LogP contribution < -0.4 is 5.56 Å². The maximum Gasteiger partial charge on any atom is 0.290 e. The fraction of sp³-hybridized carbons (Fsp3) is 0.240. The lowest BCUT2D eigenvalue weighted by Gasteiger charge is -2.19. The van der Waals surface area contributed by atoms with Gasteiger partial charge >= 0.3 is 0 Å². The standard InChI is InChI=1S/C25H24N8O2/c1-25(2,3)12-20-26-21-19(14-34)27-30-24(35)22(21)33(20)13-15-8-10-16(11-9-15)17-6-4-5-7-18(17)23-28-31-32-29-23/h4-11,14H,12-13H2,1-3H3,(H,30,35)(H,28,29,31,32). The van der Waals surface area contributed by atoms with E-state index in [4.69, 9.17) is 0 Å². The summed E-state index contributed by atoms with van der Waals surface area (Å²) in [5.41, 5.74) is 4.23. The zero-order chi connectivity index (χ0) is 24.6. The molecule has 35 heavy (non-hydrogen) atoms. The van der Waals surface area contributed by atoms with Crippen molar-refractivity contribution < 1.29 is 4.79 Å². The smallest absolute Gasteiger partial charge is 0.290 e. The molecule has 2 N–H and O–H groups in total. The van der Waals surface area contributed by atoms with Crippen molar-refractivity contribution in [3.8, 4) is 22.5 Å². The molecule has 0 radical (unpaired) electrons. The van der Waals surface area contributed by atoms with Crippen molar-refractivity contribution in [2.75, 3.05) is 0 Å². The van der Waals surface area contributed by atoms with Gasteiger partial charge in [0.1, 0.15) is 16.9 Å². The van der Waals surface area contributed by atoms with E-state index in [-0.39, 0.29) is 16.7 Å². The molecule has 3 aromatic heterocycles. The highest BCUT2D eigenvalue weighted by Crippen LogP contribution is 2.30. The summed E-state index contributed by atoms with van der Waals surface area (Å²) < 4.78 is 1.89. The number of hydrogen-bond acceptors (Lipinski definition) is 7. The zero-order valence-electron chi connectivity index (χ0n) is 19.6. The Balaban J connectivity index is 1.55. The van der Waals surface area contributed by atoms with Crippen LogP contribution in [0.15, 0.2) is 53.3 Å². The van der Waals surface area contributed by atoms with Gasteiger partial charge in [0.2, 0.25) is 5.82 Å². The van der Waals surface area contributed by atoms with Gasteiger partial charge in [-0.3, -0.25) is 9.59 Å². The Kier molecular flexibility index (Phi) is 5.56. The molecular weight excluding hydrogens is 444 g/mol. The molecule has 0 bridgehead atoms. The molecule has 0 aliphatic heterocycles. The lowest BCUT2D eigenvalue weighted by atomic mass is 9.92. The predicted molar refractivity (Wildman–Crippen MR) is 131 cm³/mol. The van der Waals surface area contributed by atoms with Crippen molar-refractivity contribution in [2.45, 2.75) is 33.7 Å². The summed E-state index contributed by atoms with van der Waals surface area (Å²) in [6.45, 7) is 6.75. The van der Waals surface area contributed by atoms with E-state index in [0.717, 1.165) is 28.1 Å². The molecule has 10 nitrogen and oxygen atoms in total. The number of aldehydes is 1. The van der Waals surface area contributed by atoms with Gasteiger partial charge in [-0.05, 0) is 27.3 Å². The number of rotatable bonds is 6. The largest absolute Gasteiger partial charge is 0.319 e. The number of carbonyl (C=O) groups excluding carboxylic acids is 1. The molecule has 0 amide bonds. The second-order valence-electron chi connectivity index (χ2n) is 9.58. The van der Waals surface area contributed by atoms with E-state index in [1.165, 1.54) is 0 Å². The molecule has 10 heteroatoms. The number of benzene rings is 2. The summed E-state index contributed by atoms with van der Waals surface area (Å²) in [6.07, 6.45) is 1.25. The molecule has 0 spiro atoms. The number of nitrogens with zero attached hydrogens (tertiary/aromatic N) is 6. The molecule has 0 unspecified atom stereocenters. The average molecular weight is 469 g/mol. The van der Waals surface area contributed by atoms with E-state index in [1.807, 2.05) is 53.1 Å². The minimum Gasteiger partial charge on any atom is -0.319 e. The topological polar surface area (TPSA) is 135 Å². The van der Waals surface area contributed by atoms with Gasteiger partial charge in [-0.2, -0.15) is 10.3 Å². The van der Waals surface area contributed by atoms with Gasteiger partial charge in [0, 0.05) is 18.5 Å². The highest BCUT2D eigenvalue weighted by Gasteiger charge is 2.22. The maximum atomic E-state index is 12.7. The fourth-order valence-corrected chi connectivity index (χ4v) is 4.16. The van der Waals surface area contributed by atoms with Crippen molar-refractivity contribution in [3.63, 3.8) is 0 Å². The Morgan fingerprint density at radius 2 is 1.74 bits per heavy atom. The van der Waals surface area contributed by atoms with Gasteiger partial charge in [0.05, 0.1) is 0 Å². The summed E-state index contributed by atoms with van der Waals surface area (Å²) in [7, 11) is 0. The van der Waals surface area contributed by atoms with Crippen molar-refractivity contribution >= 4 is 17.3 Å². The van der Waals surface area contributed by atoms with Gasteiger partial charge in [-0.25, -0.2) is 10.1 Å². The summed E-state index contributed by atoms with van der Waals surface area (Å²) in [4.78, 5) is 28.9. The number of aromatic nitrogens is 8. The van der Waals surface area contributed by atoms with E-state index >= 15 is 0 Å². The maximum absolute atomic E-state index is 12.7. The molecule has 0 aliphatic rings. The number of H-pyrrole nitrogens is 2. The number of aromatic amines is 2. The fourth-order valence-electron chi connectivity index (χ4n) is 4.16. The summed E-state index contributed by atoms with van der Waals surface area (Å²) in [6, 6.07) is 16.0. The van der Waals surface area contributed by atoms with Crippen LogP contribution in [0.25, 0.3) is 33.5 Å². The number of tetrazole rings is 1. The van der Waals surface area contributed by atoms with Crippen LogP contribution in [0.4, 0.5) is 0 Å². The summed E-state index contributed by atoms with van der Waals surface area (Å²) in [5, 5.41) is 20.7. The predicted octanol–water partition coefficient (Wildman–Crippen LogP) is 3.42. The van der Waals surface area contributed by atoms with Gasteiger partial charge in [-0.1, -0.05) is 69.3 Å². The molecule has 5 aromatic rings. The van der Waals surface area contributed by atoms with E-state index in [1.54, 1.807) is 0 Å². The van der Waals surface area contributed by atoms with Crippen LogP contribution in [0.1, 0.15) is 42.6 Å². The second-order valence-corrected chi connectivity index (χ2v) is 9.58. The van der Waals surface area contributed by atoms with Crippen molar-refractivity contribution in [1.82, 2.24) is 40.4 Å². The molecule has 3 heterocycles. The molecule has 0 fully saturated rings. The Bertz CT molecular complexity index is 1560. The second kappa shape index (κ2) is 8.71. The van der Waals surface area contributed by atoms with Crippen LogP contribution in [0.2, 0.25) is 0 Å². The molecule has 0 atom stereocenters. The Labute approximate surface area is 200 Å². The summed E-state index contributed by atoms with van der Waals surface area (Å²) >= 11 is 0. The molecule has 0 saturated heterocycles. The van der Waals surface area contributed by atoms with E-state index < -0.39 is 0 Å². The van der Waals surface area contributed by atoms with Crippen LogP contribution in [-0.4, -0.2) is 46.7 Å². The van der Waals surface area contributed by atoms with E-state index in [0.29, 0.717) is 36.1 Å². The number of carbonyl (C=O) groups is 1. The van der Waals surface area contributed by atoms with Crippen molar-refractivity contribution in [3.05, 3.63) is 76.0 Å². The average Bonchev–Trinajstić information content (AvgIpc) is 3.48. The number of imidazole rings is 1. The van der Waals surface area contributed by atoms with Crippen molar-refractivity contribution in [2.24, 2.45) is 5.41 Å². The first-order valence-corrected chi connectivity index (χ1v) is 11.2. The SMILES string of the molecule is CC(C)(C)Cc1nc2c(C=O)n[nH]c(=O)c2n1Cc1ccc(-c2ccccc2-c2nn[nH]n2)cc1.